The van der Waals surface area contributed by atoms with Crippen molar-refractivity contribution in [2.45, 2.75) is 10.7 Å². The minimum absolute atomic E-state index is 0.339. The van der Waals surface area contributed by atoms with E-state index in [1.54, 1.807) is 0 Å². The molecule has 0 N–H and O–H groups in total. The van der Waals surface area contributed by atoms with Crippen LogP contribution in [0.3, 0.4) is 0 Å². The molecule has 1 aromatic carbocycles. The Hall–Kier alpha value is -0.570. The molecule has 0 aliphatic carbocycles. The van der Waals surface area contributed by atoms with Gasteiger partial charge in [-0.05, 0) is 24.6 Å². The minimum Gasteiger partial charge on any atom is -0.253 e. The average molecular weight is 262 g/mol. The number of fused-ring (bicyclic) bond motifs is 1. The molecule has 0 aliphatic heterocycles. The largest absolute Gasteiger partial charge is 0.253 e. The van der Waals surface area contributed by atoms with Gasteiger partial charge < -0.3 is 0 Å². The van der Waals surface area contributed by atoms with E-state index in [1.165, 1.54) is 6.20 Å². The van der Waals surface area contributed by atoms with Gasteiger partial charge in [-0.25, -0.2) is 4.98 Å². The Morgan fingerprint density at radius 2 is 1.87 bits per heavy atom. The molecule has 0 atom stereocenters. The number of nitrogens with zero attached hydrogens (tertiary/aromatic N) is 2. The zero-order valence-corrected chi connectivity index (χ0v) is 10.1. The summed E-state index contributed by atoms with van der Waals surface area (Å²) in [6, 6.07) is 5.76. The second-order valence-corrected chi connectivity index (χ2v) is 5.53. The third kappa shape index (κ3) is 2.33. The van der Waals surface area contributed by atoms with Gasteiger partial charge in [-0.2, -0.15) is 0 Å². The molecule has 2 rings (SSSR count). The molecule has 0 bridgehead atoms. The van der Waals surface area contributed by atoms with Crippen molar-refractivity contribution in [1.29, 1.82) is 0 Å². The third-order valence-corrected chi connectivity index (χ3v) is 2.57. The number of alkyl halides is 3. The van der Waals surface area contributed by atoms with Crippen molar-refractivity contribution in [1.82, 2.24) is 9.97 Å². The molecule has 15 heavy (non-hydrogen) atoms. The van der Waals surface area contributed by atoms with Crippen LogP contribution >= 0.6 is 34.8 Å². The zero-order chi connectivity index (χ0) is 11.1. The Kier molecular flexibility index (Phi) is 2.75. The van der Waals surface area contributed by atoms with Gasteiger partial charge in [0.2, 0.25) is 3.79 Å². The van der Waals surface area contributed by atoms with E-state index in [0.717, 1.165) is 16.6 Å². The standard InChI is InChI=1S/C10H7Cl3N2/c1-6-2-3-7-8(4-6)15-9(5-14-7)10(11,12)13/h2-5H,1H3. The van der Waals surface area contributed by atoms with Crippen LogP contribution in [-0.4, -0.2) is 9.97 Å². The van der Waals surface area contributed by atoms with Crippen LogP contribution in [-0.2, 0) is 3.79 Å². The molecule has 2 aromatic rings. The average Bonchev–Trinajstić information content (AvgIpc) is 2.15. The molecule has 0 saturated heterocycles. The maximum absolute atomic E-state index is 5.73. The van der Waals surface area contributed by atoms with Gasteiger partial charge in [0.15, 0.2) is 0 Å². The first-order valence-electron chi connectivity index (χ1n) is 4.27. The summed E-state index contributed by atoms with van der Waals surface area (Å²) in [6.07, 6.45) is 1.48. The lowest BCUT2D eigenvalue weighted by molar-refractivity contribution is 1.08. The van der Waals surface area contributed by atoms with Crippen LogP contribution in [0.2, 0.25) is 0 Å². The molecular formula is C10H7Cl3N2. The van der Waals surface area contributed by atoms with Crippen LogP contribution in [0.4, 0.5) is 0 Å². The monoisotopic (exact) mass is 260 g/mol. The SMILES string of the molecule is Cc1ccc2ncc(C(Cl)(Cl)Cl)nc2c1. The lowest BCUT2D eigenvalue weighted by Crippen LogP contribution is -2.04. The fourth-order valence-electron chi connectivity index (χ4n) is 1.26. The Balaban J connectivity index is 2.64. The highest BCUT2D eigenvalue weighted by molar-refractivity contribution is 6.66. The molecule has 2 nitrogen and oxygen atoms in total. The molecule has 1 heterocycles. The first-order valence-corrected chi connectivity index (χ1v) is 5.41. The second kappa shape index (κ2) is 3.78. The van der Waals surface area contributed by atoms with Gasteiger partial charge in [0.1, 0.15) is 5.69 Å². The highest BCUT2D eigenvalue weighted by Gasteiger charge is 2.25. The Morgan fingerprint density at radius 3 is 2.53 bits per heavy atom. The van der Waals surface area contributed by atoms with Gasteiger partial charge in [0.25, 0.3) is 0 Å². The van der Waals surface area contributed by atoms with E-state index in [4.69, 9.17) is 34.8 Å². The predicted octanol–water partition coefficient (Wildman–Crippen LogP) is 3.76. The van der Waals surface area contributed by atoms with Crippen molar-refractivity contribution in [2.24, 2.45) is 0 Å². The molecule has 0 aliphatic rings. The highest BCUT2D eigenvalue weighted by atomic mass is 35.6. The lowest BCUT2D eigenvalue weighted by atomic mass is 10.2. The van der Waals surface area contributed by atoms with E-state index in [2.05, 4.69) is 9.97 Å². The van der Waals surface area contributed by atoms with Crippen molar-refractivity contribution in [3.63, 3.8) is 0 Å². The fraction of sp³-hybridized carbons (Fsp3) is 0.200. The molecule has 0 radical (unpaired) electrons. The molecule has 0 saturated carbocycles. The van der Waals surface area contributed by atoms with E-state index < -0.39 is 3.79 Å². The van der Waals surface area contributed by atoms with Crippen LogP contribution in [0.25, 0.3) is 11.0 Å². The molecule has 78 valence electrons. The fourth-order valence-corrected chi connectivity index (χ4v) is 1.53. The number of halogens is 3. The van der Waals surface area contributed by atoms with Crippen LogP contribution < -0.4 is 0 Å². The van der Waals surface area contributed by atoms with Crippen LogP contribution in [0.1, 0.15) is 11.3 Å². The molecule has 1 aromatic heterocycles. The van der Waals surface area contributed by atoms with Crippen molar-refractivity contribution in [3.8, 4) is 0 Å². The molecule has 0 fully saturated rings. The normalized spacial score (nSPS) is 12.0. The van der Waals surface area contributed by atoms with Gasteiger partial charge >= 0.3 is 0 Å². The Labute approximate surface area is 102 Å². The van der Waals surface area contributed by atoms with E-state index in [1.807, 2.05) is 25.1 Å². The summed E-state index contributed by atoms with van der Waals surface area (Å²) in [7, 11) is 0. The highest BCUT2D eigenvalue weighted by Crippen LogP contribution is 2.36. The van der Waals surface area contributed by atoms with Gasteiger partial charge in [-0.15, -0.1) is 0 Å². The van der Waals surface area contributed by atoms with Crippen molar-refractivity contribution in [2.75, 3.05) is 0 Å². The van der Waals surface area contributed by atoms with Crippen molar-refractivity contribution >= 4 is 45.8 Å². The smallest absolute Gasteiger partial charge is 0.234 e. The van der Waals surface area contributed by atoms with E-state index >= 15 is 0 Å². The van der Waals surface area contributed by atoms with Crippen LogP contribution in [0.15, 0.2) is 24.4 Å². The summed E-state index contributed by atoms with van der Waals surface area (Å²) in [5.41, 5.74) is 2.96. The number of hydrogen-bond acceptors (Lipinski definition) is 2. The molecule has 0 unspecified atom stereocenters. The summed E-state index contributed by atoms with van der Waals surface area (Å²) in [5.74, 6) is 0. The van der Waals surface area contributed by atoms with Crippen molar-refractivity contribution < 1.29 is 0 Å². The maximum Gasteiger partial charge on any atom is 0.234 e. The Morgan fingerprint density at radius 1 is 1.13 bits per heavy atom. The van der Waals surface area contributed by atoms with E-state index in [-0.39, 0.29) is 0 Å². The van der Waals surface area contributed by atoms with E-state index in [9.17, 15) is 0 Å². The Bertz CT molecular complexity index is 505. The van der Waals surface area contributed by atoms with Gasteiger partial charge in [0.05, 0.1) is 17.2 Å². The first-order chi connectivity index (χ1) is 6.97. The summed E-state index contributed by atoms with van der Waals surface area (Å²) in [6.45, 7) is 1.98. The summed E-state index contributed by atoms with van der Waals surface area (Å²) in [4.78, 5) is 8.42. The number of hydrogen-bond donors (Lipinski definition) is 0. The maximum atomic E-state index is 5.73. The van der Waals surface area contributed by atoms with Gasteiger partial charge in [-0.1, -0.05) is 40.9 Å². The van der Waals surface area contributed by atoms with Gasteiger partial charge in [0, 0.05) is 0 Å². The summed E-state index contributed by atoms with van der Waals surface area (Å²) < 4.78 is -1.52. The predicted molar refractivity (Wildman–Crippen MR) is 63.5 cm³/mol. The second-order valence-electron chi connectivity index (χ2n) is 3.25. The number of benzene rings is 1. The summed E-state index contributed by atoms with van der Waals surface area (Å²) in [5, 5.41) is 0. The number of aryl methyl sites for hydroxylation is 1. The zero-order valence-electron chi connectivity index (χ0n) is 7.84. The summed E-state index contributed by atoms with van der Waals surface area (Å²) >= 11 is 17.2. The van der Waals surface area contributed by atoms with Crippen LogP contribution in [0.5, 0.6) is 0 Å². The van der Waals surface area contributed by atoms with Gasteiger partial charge in [-0.3, -0.25) is 4.98 Å². The lowest BCUT2D eigenvalue weighted by Gasteiger charge is -2.10. The quantitative estimate of drug-likeness (QED) is 0.675. The third-order valence-electron chi connectivity index (χ3n) is 1.99. The number of aromatic nitrogens is 2. The minimum atomic E-state index is -1.52. The molecule has 5 heteroatoms. The van der Waals surface area contributed by atoms with Crippen molar-refractivity contribution in [3.05, 3.63) is 35.7 Å². The number of rotatable bonds is 0. The first kappa shape index (κ1) is 10.9. The van der Waals surface area contributed by atoms with E-state index in [0.29, 0.717) is 5.69 Å². The topological polar surface area (TPSA) is 25.8 Å². The molecule has 0 amide bonds. The molecule has 0 spiro atoms. The van der Waals surface area contributed by atoms with Crippen LogP contribution in [0, 0.1) is 6.92 Å². The molecular weight excluding hydrogens is 254 g/mol.